The Hall–Kier alpha value is -1.56. The van der Waals surface area contributed by atoms with Gasteiger partial charge in [-0.1, -0.05) is 73.6 Å². The maximum Gasteiger partial charge on any atom is -0.0238 e. The molecule has 0 aliphatic carbocycles. The fourth-order valence-corrected chi connectivity index (χ4v) is 2.07. The minimum absolute atomic E-state index is 1.10. The molecule has 0 saturated heterocycles. The SMILES string of the molecule is C\C=C/C(=C\C(C)=C\CCC)CCc1ccccc1. The van der Waals surface area contributed by atoms with Crippen molar-refractivity contribution in [1.82, 2.24) is 0 Å². The van der Waals surface area contributed by atoms with E-state index in [0.717, 1.165) is 12.8 Å². The van der Waals surface area contributed by atoms with Crippen LogP contribution in [0, 0.1) is 0 Å². The number of hydrogen-bond acceptors (Lipinski definition) is 0. The summed E-state index contributed by atoms with van der Waals surface area (Å²) in [6.45, 7) is 6.50. The molecule has 1 aromatic rings. The lowest BCUT2D eigenvalue weighted by Crippen LogP contribution is -1.88. The highest BCUT2D eigenvalue weighted by Crippen LogP contribution is 2.13. The number of rotatable bonds is 7. The Morgan fingerprint density at radius 1 is 1.16 bits per heavy atom. The lowest BCUT2D eigenvalue weighted by Gasteiger charge is -2.04. The maximum absolute atomic E-state index is 2.33. The summed E-state index contributed by atoms with van der Waals surface area (Å²) in [7, 11) is 0. The molecule has 0 radical (unpaired) electrons. The van der Waals surface area contributed by atoms with Crippen molar-refractivity contribution < 1.29 is 0 Å². The lowest BCUT2D eigenvalue weighted by atomic mass is 10.0. The van der Waals surface area contributed by atoms with Crippen LogP contribution in [0.2, 0.25) is 0 Å². The standard InChI is InChI=1S/C19H26/c1-4-6-11-17(3)16-19(10-5-2)15-14-18-12-8-7-9-13-18/h5,7-13,16H,4,6,14-15H2,1-3H3/b10-5-,17-11+,19-16+. The summed E-state index contributed by atoms with van der Waals surface area (Å²) in [5.74, 6) is 0. The first-order chi connectivity index (χ1) is 9.26. The highest BCUT2D eigenvalue weighted by Gasteiger charge is 1.96. The second-order valence-corrected chi connectivity index (χ2v) is 4.94. The fourth-order valence-electron chi connectivity index (χ4n) is 2.07. The third-order valence-corrected chi connectivity index (χ3v) is 3.09. The van der Waals surface area contributed by atoms with Gasteiger partial charge in [0.2, 0.25) is 0 Å². The molecule has 0 amide bonds. The van der Waals surface area contributed by atoms with E-state index < -0.39 is 0 Å². The molecule has 1 rings (SSSR count). The molecule has 19 heavy (non-hydrogen) atoms. The normalized spacial score (nSPS) is 13.2. The summed E-state index contributed by atoms with van der Waals surface area (Å²) in [4.78, 5) is 0. The van der Waals surface area contributed by atoms with E-state index in [1.165, 1.54) is 29.6 Å². The first-order valence-electron chi connectivity index (χ1n) is 7.30. The summed E-state index contributed by atoms with van der Waals surface area (Å²) in [6.07, 6.45) is 13.6. The molecule has 0 fully saturated rings. The van der Waals surface area contributed by atoms with Crippen molar-refractivity contribution in [1.29, 1.82) is 0 Å². The molecule has 0 heteroatoms. The first-order valence-corrected chi connectivity index (χ1v) is 7.30. The second kappa shape index (κ2) is 9.38. The topological polar surface area (TPSA) is 0 Å². The van der Waals surface area contributed by atoms with E-state index in [4.69, 9.17) is 0 Å². The van der Waals surface area contributed by atoms with Gasteiger partial charge in [0.15, 0.2) is 0 Å². The molecule has 0 unspecified atom stereocenters. The van der Waals surface area contributed by atoms with Gasteiger partial charge in [0, 0.05) is 0 Å². The maximum atomic E-state index is 2.33. The van der Waals surface area contributed by atoms with Gasteiger partial charge < -0.3 is 0 Å². The lowest BCUT2D eigenvalue weighted by molar-refractivity contribution is 0.946. The zero-order chi connectivity index (χ0) is 13.9. The van der Waals surface area contributed by atoms with E-state index >= 15 is 0 Å². The van der Waals surface area contributed by atoms with E-state index in [9.17, 15) is 0 Å². The highest BCUT2D eigenvalue weighted by molar-refractivity contribution is 5.30. The number of allylic oxidation sites excluding steroid dienone is 6. The van der Waals surface area contributed by atoms with Crippen molar-refractivity contribution in [2.45, 2.75) is 46.5 Å². The third-order valence-electron chi connectivity index (χ3n) is 3.09. The van der Waals surface area contributed by atoms with Crippen LogP contribution in [0.15, 0.2) is 65.8 Å². The molecule has 0 aliphatic rings. The van der Waals surface area contributed by atoms with Crippen LogP contribution in [0.4, 0.5) is 0 Å². The predicted octanol–water partition coefficient (Wildman–Crippen LogP) is 5.87. The number of aryl methyl sites for hydroxylation is 1. The Bertz CT molecular complexity index is 432. The summed E-state index contributed by atoms with van der Waals surface area (Å²) >= 11 is 0. The zero-order valence-electron chi connectivity index (χ0n) is 12.5. The molecule has 0 spiro atoms. The van der Waals surface area contributed by atoms with Crippen molar-refractivity contribution in [3.05, 3.63) is 71.3 Å². The third kappa shape index (κ3) is 6.81. The van der Waals surface area contributed by atoms with Crippen LogP contribution < -0.4 is 0 Å². The van der Waals surface area contributed by atoms with Gasteiger partial charge >= 0.3 is 0 Å². The van der Waals surface area contributed by atoms with E-state index in [2.05, 4.69) is 75.4 Å². The van der Waals surface area contributed by atoms with Crippen LogP contribution in [0.25, 0.3) is 0 Å². The Kier molecular flexibility index (Phi) is 7.65. The summed E-state index contributed by atoms with van der Waals surface area (Å²) < 4.78 is 0. The van der Waals surface area contributed by atoms with Gasteiger partial charge in [0.1, 0.15) is 0 Å². The van der Waals surface area contributed by atoms with Crippen molar-refractivity contribution >= 4 is 0 Å². The number of unbranched alkanes of at least 4 members (excludes halogenated alkanes) is 1. The molecule has 0 N–H and O–H groups in total. The average molecular weight is 254 g/mol. The Labute approximate surface area is 118 Å². The van der Waals surface area contributed by atoms with Crippen LogP contribution in [-0.4, -0.2) is 0 Å². The van der Waals surface area contributed by atoms with Gasteiger partial charge in [-0.3, -0.25) is 0 Å². The second-order valence-electron chi connectivity index (χ2n) is 4.94. The quantitative estimate of drug-likeness (QED) is 0.534. The fraction of sp³-hybridized carbons (Fsp3) is 0.368. The monoisotopic (exact) mass is 254 g/mol. The minimum atomic E-state index is 1.10. The summed E-state index contributed by atoms with van der Waals surface area (Å²) in [5, 5.41) is 0. The highest BCUT2D eigenvalue weighted by atomic mass is 14.0. The average Bonchev–Trinajstić information content (AvgIpc) is 2.44. The van der Waals surface area contributed by atoms with E-state index in [1.807, 2.05) is 0 Å². The first kappa shape index (κ1) is 15.5. The predicted molar refractivity (Wildman–Crippen MR) is 86.3 cm³/mol. The Balaban J connectivity index is 2.65. The van der Waals surface area contributed by atoms with Crippen molar-refractivity contribution in [2.24, 2.45) is 0 Å². The van der Waals surface area contributed by atoms with Crippen LogP contribution in [-0.2, 0) is 6.42 Å². The van der Waals surface area contributed by atoms with Gasteiger partial charge in [-0.2, -0.15) is 0 Å². The van der Waals surface area contributed by atoms with Gasteiger partial charge in [0.05, 0.1) is 0 Å². The number of hydrogen-bond donors (Lipinski definition) is 0. The number of benzene rings is 1. The van der Waals surface area contributed by atoms with Gasteiger partial charge in [-0.05, 0) is 44.2 Å². The van der Waals surface area contributed by atoms with Crippen molar-refractivity contribution in [3.63, 3.8) is 0 Å². The molecule has 102 valence electrons. The molecular formula is C19H26. The molecule has 0 nitrogen and oxygen atoms in total. The van der Waals surface area contributed by atoms with Crippen molar-refractivity contribution in [2.75, 3.05) is 0 Å². The van der Waals surface area contributed by atoms with Crippen molar-refractivity contribution in [3.8, 4) is 0 Å². The van der Waals surface area contributed by atoms with Crippen LogP contribution in [0.1, 0.15) is 45.6 Å². The molecule has 1 aromatic carbocycles. The molecule has 0 bridgehead atoms. The van der Waals surface area contributed by atoms with Gasteiger partial charge in [-0.25, -0.2) is 0 Å². The van der Waals surface area contributed by atoms with Crippen LogP contribution in [0.3, 0.4) is 0 Å². The minimum Gasteiger partial charge on any atom is -0.0874 e. The molecule has 0 heterocycles. The largest absolute Gasteiger partial charge is 0.0874 e. The smallest absolute Gasteiger partial charge is 0.0238 e. The molecule has 0 aliphatic heterocycles. The van der Waals surface area contributed by atoms with Crippen LogP contribution in [0.5, 0.6) is 0 Å². The molecular weight excluding hydrogens is 228 g/mol. The zero-order valence-corrected chi connectivity index (χ0v) is 12.5. The van der Waals surface area contributed by atoms with Crippen LogP contribution >= 0.6 is 0 Å². The molecule has 0 saturated carbocycles. The van der Waals surface area contributed by atoms with Gasteiger partial charge in [0.25, 0.3) is 0 Å². The van der Waals surface area contributed by atoms with E-state index in [-0.39, 0.29) is 0 Å². The summed E-state index contributed by atoms with van der Waals surface area (Å²) in [5.41, 5.74) is 4.20. The Morgan fingerprint density at radius 3 is 2.53 bits per heavy atom. The molecule has 0 atom stereocenters. The molecule has 0 aromatic heterocycles. The van der Waals surface area contributed by atoms with Gasteiger partial charge in [-0.15, -0.1) is 0 Å². The summed E-state index contributed by atoms with van der Waals surface area (Å²) in [6, 6.07) is 10.7. The van der Waals surface area contributed by atoms with E-state index in [1.54, 1.807) is 0 Å². The van der Waals surface area contributed by atoms with E-state index in [0.29, 0.717) is 0 Å². The Morgan fingerprint density at radius 2 is 1.89 bits per heavy atom.